The molecule has 0 spiro atoms. The number of nitrogens with zero attached hydrogens (tertiary/aromatic N) is 3. The van der Waals surface area contributed by atoms with E-state index in [1.807, 2.05) is 0 Å². The second-order valence-electron chi connectivity index (χ2n) is 3.35. The minimum Gasteiger partial charge on any atom is -0.384 e. The highest BCUT2D eigenvalue weighted by Crippen LogP contribution is 2.05. The maximum absolute atomic E-state index is 11.7. The Morgan fingerprint density at radius 1 is 1.69 bits per heavy atom. The monoisotopic (exact) mass is 220 g/mol. The van der Waals surface area contributed by atoms with E-state index in [4.69, 9.17) is 5.73 Å². The number of hydrogen-bond acceptors (Lipinski definition) is 4. The number of imidazole rings is 1. The summed E-state index contributed by atoms with van der Waals surface area (Å²) in [6, 6.07) is 0. The molecule has 0 radical (unpaired) electrons. The van der Waals surface area contributed by atoms with Crippen molar-refractivity contribution in [1.82, 2.24) is 25.1 Å². The number of carbonyl (C=O) groups is 1. The van der Waals surface area contributed by atoms with Gasteiger partial charge < -0.3 is 15.6 Å². The van der Waals surface area contributed by atoms with Crippen molar-refractivity contribution < 1.29 is 4.79 Å². The average molecular weight is 220 g/mol. The number of nitrogens with one attached hydrogen (secondary N) is 2. The van der Waals surface area contributed by atoms with Gasteiger partial charge in [-0.05, 0) is 0 Å². The van der Waals surface area contributed by atoms with Gasteiger partial charge in [0.1, 0.15) is 5.82 Å². The van der Waals surface area contributed by atoms with Crippen molar-refractivity contribution in [2.75, 3.05) is 5.73 Å². The summed E-state index contributed by atoms with van der Waals surface area (Å²) in [7, 11) is 1.76. The second kappa shape index (κ2) is 4.05. The minimum absolute atomic E-state index is 0.242. The zero-order valence-corrected chi connectivity index (χ0v) is 8.77. The van der Waals surface area contributed by atoms with Gasteiger partial charge in [0.05, 0.1) is 6.20 Å². The van der Waals surface area contributed by atoms with Crippen LogP contribution in [0, 0.1) is 0 Å². The molecule has 0 saturated carbocycles. The number of aromatic nitrogens is 4. The highest BCUT2D eigenvalue weighted by atomic mass is 16.2. The topological polar surface area (TPSA) is 102 Å². The third-order valence-corrected chi connectivity index (χ3v) is 2.22. The van der Waals surface area contributed by atoms with Crippen LogP contribution in [-0.2, 0) is 13.6 Å². The van der Waals surface area contributed by atoms with Crippen LogP contribution in [0.25, 0.3) is 0 Å². The first-order valence-electron chi connectivity index (χ1n) is 4.71. The number of nitrogen functional groups attached to an aromatic ring is 1. The van der Waals surface area contributed by atoms with Crippen molar-refractivity contribution in [3.05, 3.63) is 30.0 Å². The zero-order chi connectivity index (χ0) is 11.5. The molecule has 2 aromatic rings. The van der Waals surface area contributed by atoms with Gasteiger partial charge in [-0.1, -0.05) is 0 Å². The Bertz CT molecular complexity index is 500. The lowest BCUT2D eigenvalue weighted by molar-refractivity contribution is 0.0937. The molecule has 16 heavy (non-hydrogen) atoms. The number of carbonyl (C=O) groups excluding carboxylic acids is 1. The SMILES string of the molecule is Cn1ccnc1C(=O)NCc1cn[nH]c1N. The molecule has 84 valence electrons. The zero-order valence-electron chi connectivity index (χ0n) is 8.77. The van der Waals surface area contributed by atoms with E-state index in [1.54, 1.807) is 30.2 Å². The molecule has 0 aromatic carbocycles. The van der Waals surface area contributed by atoms with E-state index < -0.39 is 0 Å². The molecule has 0 aliphatic heterocycles. The molecule has 7 nitrogen and oxygen atoms in total. The lowest BCUT2D eigenvalue weighted by Gasteiger charge is -2.03. The van der Waals surface area contributed by atoms with Gasteiger partial charge in [0, 0.05) is 31.5 Å². The van der Waals surface area contributed by atoms with Crippen LogP contribution in [0.1, 0.15) is 16.2 Å². The first-order chi connectivity index (χ1) is 7.68. The van der Waals surface area contributed by atoms with E-state index in [0.717, 1.165) is 5.56 Å². The Hall–Kier alpha value is -2.31. The third kappa shape index (κ3) is 1.88. The predicted octanol–water partition coefficient (Wildman–Crippen LogP) is -0.345. The fourth-order valence-corrected chi connectivity index (χ4v) is 1.30. The summed E-state index contributed by atoms with van der Waals surface area (Å²) >= 11 is 0. The molecule has 0 bridgehead atoms. The maximum atomic E-state index is 11.7. The minimum atomic E-state index is -0.242. The van der Waals surface area contributed by atoms with Crippen molar-refractivity contribution in [3.63, 3.8) is 0 Å². The number of anilines is 1. The molecule has 4 N–H and O–H groups in total. The lowest BCUT2D eigenvalue weighted by Crippen LogP contribution is -2.25. The third-order valence-electron chi connectivity index (χ3n) is 2.22. The number of nitrogens with two attached hydrogens (primary N) is 1. The fourth-order valence-electron chi connectivity index (χ4n) is 1.30. The highest BCUT2D eigenvalue weighted by molar-refractivity contribution is 5.90. The van der Waals surface area contributed by atoms with E-state index >= 15 is 0 Å². The molecule has 0 saturated heterocycles. The van der Waals surface area contributed by atoms with Crippen molar-refractivity contribution in [3.8, 4) is 0 Å². The Kier molecular flexibility index (Phi) is 2.59. The number of rotatable bonds is 3. The largest absolute Gasteiger partial charge is 0.384 e. The van der Waals surface area contributed by atoms with Crippen molar-refractivity contribution in [1.29, 1.82) is 0 Å². The molecule has 2 heterocycles. The van der Waals surface area contributed by atoms with Crippen molar-refractivity contribution in [2.24, 2.45) is 7.05 Å². The first-order valence-corrected chi connectivity index (χ1v) is 4.71. The van der Waals surface area contributed by atoms with Crippen LogP contribution in [0.15, 0.2) is 18.6 Å². The average Bonchev–Trinajstić information content (AvgIpc) is 2.84. The molecule has 2 rings (SSSR count). The van der Waals surface area contributed by atoms with Gasteiger partial charge in [-0.15, -0.1) is 0 Å². The molecular weight excluding hydrogens is 208 g/mol. The summed E-state index contributed by atoms with van der Waals surface area (Å²) in [5.41, 5.74) is 6.34. The van der Waals surface area contributed by atoms with E-state index in [0.29, 0.717) is 18.2 Å². The van der Waals surface area contributed by atoms with Crippen LogP contribution in [0.3, 0.4) is 0 Å². The number of aryl methyl sites for hydroxylation is 1. The van der Waals surface area contributed by atoms with Crippen LogP contribution in [0.5, 0.6) is 0 Å². The molecule has 0 unspecified atom stereocenters. The number of hydrogen-bond donors (Lipinski definition) is 3. The molecule has 0 fully saturated rings. The van der Waals surface area contributed by atoms with Gasteiger partial charge >= 0.3 is 0 Å². The molecule has 0 aliphatic carbocycles. The summed E-state index contributed by atoms with van der Waals surface area (Å²) in [6.45, 7) is 0.327. The van der Waals surface area contributed by atoms with Gasteiger partial charge in [0.25, 0.3) is 5.91 Å². The van der Waals surface area contributed by atoms with E-state index in [1.165, 1.54) is 0 Å². The quantitative estimate of drug-likeness (QED) is 0.658. The van der Waals surface area contributed by atoms with Crippen LogP contribution in [0.4, 0.5) is 5.82 Å². The van der Waals surface area contributed by atoms with E-state index in [-0.39, 0.29) is 5.91 Å². The summed E-state index contributed by atoms with van der Waals surface area (Å²) in [5, 5.41) is 9.06. The Morgan fingerprint density at radius 2 is 2.50 bits per heavy atom. The maximum Gasteiger partial charge on any atom is 0.287 e. The molecule has 2 aromatic heterocycles. The van der Waals surface area contributed by atoms with Crippen molar-refractivity contribution in [2.45, 2.75) is 6.54 Å². The number of aromatic amines is 1. The van der Waals surface area contributed by atoms with E-state index in [9.17, 15) is 4.79 Å². The first kappa shape index (κ1) is 10.2. The standard InChI is InChI=1S/C9H12N6O/c1-15-3-2-11-8(15)9(16)12-4-6-5-13-14-7(6)10/h2-3,5H,4H2,1H3,(H,12,16)(H3,10,13,14). The molecule has 0 atom stereocenters. The number of H-pyrrole nitrogens is 1. The van der Waals surface area contributed by atoms with Crippen LogP contribution in [-0.4, -0.2) is 25.7 Å². The van der Waals surface area contributed by atoms with Crippen LogP contribution >= 0.6 is 0 Å². The Morgan fingerprint density at radius 3 is 3.06 bits per heavy atom. The molecular formula is C9H12N6O. The Balaban J connectivity index is 1.99. The summed E-state index contributed by atoms with van der Waals surface area (Å²) < 4.78 is 1.65. The van der Waals surface area contributed by atoms with Gasteiger partial charge in [0.15, 0.2) is 5.82 Å². The van der Waals surface area contributed by atoms with E-state index in [2.05, 4.69) is 20.5 Å². The van der Waals surface area contributed by atoms with Gasteiger partial charge in [-0.2, -0.15) is 5.10 Å². The molecule has 1 amide bonds. The lowest BCUT2D eigenvalue weighted by atomic mass is 10.3. The summed E-state index contributed by atoms with van der Waals surface area (Å²) in [6.07, 6.45) is 4.86. The number of amides is 1. The van der Waals surface area contributed by atoms with Gasteiger partial charge in [0.2, 0.25) is 0 Å². The summed E-state index contributed by atoms with van der Waals surface area (Å²) in [4.78, 5) is 15.6. The normalized spacial score (nSPS) is 10.3. The van der Waals surface area contributed by atoms with Crippen LogP contribution < -0.4 is 11.1 Å². The second-order valence-corrected chi connectivity index (χ2v) is 3.35. The Labute approximate surface area is 91.7 Å². The molecule has 7 heteroatoms. The smallest absolute Gasteiger partial charge is 0.287 e. The molecule has 0 aliphatic rings. The highest BCUT2D eigenvalue weighted by Gasteiger charge is 2.11. The fraction of sp³-hybridized carbons (Fsp3) is 0.222. The van der Waals surface area contributed by atoms with Gasteiger partial charge in [-0.3, -0.25) is 9.89 Å². The van der Waals surface area contributed by atoms with Crippen LogP contribution in [0.2, 0.25) is 0 Å². The summed E-state index contributed by atoms with van der Waals surface area (Å²) in [5.74, 6) is 0.579. The predicted molar refractivity (Wildman–Crippen MR) is 57.4 cm³/mol. The van der Waals surface area contributed by atoms with Gasteiger partial charge in [-0.25, -0.2) is 4.98 Å². The van der Waals surface area contributed by atoms with Crippen molar-refractivity contribution >= 4 is 11.7 Å².